The fourth-order valence-electron chi connectivity index (χ4n) is 8.22. The van der Waals surface area contributed by atoms with E-state index in [4.69, 9.17) is 24.3 Å². The molecule has 0 aliphatic carbocycles. The summed E-state index contributed by atoms with van der Waals surface area (Å²) in [6, 6.07) is 0. The second-order valence-corrected chi connectivity index (χ2v) is 21.3. The van der Waals surface area contributed by atoms with E-state index in [0.717, 1.165) is 103 Å². The van der Waals surface area contributed by atoms with Gasteiger partial charge in [0.1, 0.15) is 6.61 Å². The summed E-state index contributed by atoms with van der Waals surface area (Å²) < 4.78 is 33.0. The Morgan fingerprint density at radius 2 is 0.733 bits per heavy atom. The fraction of sp³-hybridized carbons (Fsp3) is 0.692. The molecule has 9 nitrogen and oxygen atoms in total. The molecular formula is C65H112NO8P. The van der Waals surface area contributed by atoms with Gasteiger partial charge in [0.15, 0.2) is 6.10 Å². The highest BCUT2D eigenvalue weighted by molar-refractivity contribution is 7.47. The van der Waals surface area contributed by atoms with Gasteiger partial charge in [-0.3, -0.25) is 18.6 Å². The number of phosphoric acid groups is 1. The first-order valence-corrected chi connectivity index (χ1v) is 31.9. The quantitative estimate of drug-likeness (QED) is 0.0264. The molecule has 0 radical (unpaired) electrons. The Labute approximate surface area is 460 Å². The molecular weight excluding hydrogens is 954 g/mol. The molecule has 0 aromatic carbocycles. The molecule has 0 rings (SSSR count). The van der Waals surface area contributed by atoms with Crippen LogP contribution in [0.4, 0.5) is 0 Å². The van der Waals surface area contributed by atoms with Gasteiger partial charge < -0.3 is 20.1 Å². The second-order valence-electron chi connectivity index (χ2n) is 19.8. The summed E-state index contributed by atoms with van der Waals surface area (Å²) in [5.74, 6) is -0.828. The maximum absolute atomic E-state index is 12.7. The Balaban J connectivity index is 3.93. The summed E-state index contributed by atoms with van der Waals surface area (Å²) in [4.78, 5) is 35.1. The van der Waals surface area contributed by atoms with Crippen molar-refractivity contribution in [2.24, 2.45) is 5.73 Å². The third-order valence-electron chi connectivity index (χ3n) is 12.7. The number of phosphoric ester groups is 1. The van der Waals surface area contributed by atoms with Gasteiger partial charge in [0.05, 0.1) is 13.2 Å². The molecule has 0 aromatic heterocycles. The lowest BCUT2D eigenvalue weighted by atomic mass is 10.0. The van der Waals surface area contributed by atoms with Crippen molar-refractivity contribution >= 4 is 19.8 Å². The highest BCUT2D eigenvalue weighted by Crippen LogP contribution is 2.43. The van der Waals surface area contributed by atoms with E-state index in [1.54, 1.807) is 0 Å². The van der Waals surface area contributed by atoms with Crippen LogP contribution in [0.25, 0.3) is 0 Å². The lowest BCUT2D eigenvalue weighted by Crippen LogP contribution is -2.29. The standard InChI is InChI=1S/C65H112NO8P/c1-3-5-7-9-11-13-15-17-19-20-21-22-23-24-25-26-27-28-29-30-31-32-33-34-35-36-37-38-39-40-41-42-44-46-48-50-52-54-56-58-65(68)74-63(62-73-75(69,70)72-60-59-66)61-71-64(67)57-55-53-51-49-47-45-43-18-16-14-12-10-8-6-4-2/h5,7,11,13,17,19,21-22,24-25,27-28,30-31,33-34,36-37,63H,3-4,6,8-10,12,14-16,18,20,23,26,29,32,35,38-62,66H2,1-2H3,(H,69,70)/b7-5-,13-11-,19-17-,22-21-,25-24-,28-27-,31-30-,34-33-,37-36-. The molecule has 2 atom stereocenters. The first kappa shape index (κ1) is 71.7. The van der Waals surface area contributed by atoms with Crippen molar-refractivity contribution in [3.05, 3.63) is 109 Å². The van der Waals surface area contributed by atoms with E-state index in [-0.39, 0.29) is 38.6 Å². The van der Waals surface area contributed by atoms with E-state index in [2.05, 4.69) is 123 Å². The van der Waals surface area contributed by atoms with E-state index in [0.29, 0.717) is 6.42 Å². The van der Waals surface area contributed by atoms with Crippen LogP contribution < -0.4 is 5.73 Å². The smallest absolute Gasteiger partial charge is 0.462 e. The third-order valence-corrected chi connectivity index (χ3v) is 13.7. The van der Waals surface area contributed by atoms with E-state index >= 15 is 0 Å². The van der Waals surface area contributed by atoms with Crippen molar-refractivity contribution in [1.29, 1.82) is 0 Å². The average molecular weight is 1070 g/mol. The highest BCUT2D eigenvalue weighted by Gasteiger charge is 2.26. The third kappa shape index (κ3) is 59.8. The number of nitrogens with two attached hydrogens (primary N) is 1. The van der Waals surface area contributed by atoms with Crippen LogP contribution in [-0.2, 0) is 32.7 Å². The molecule has 0 bridgehead atoms. The van der Waals surface area contributed by atoms with Crippen molar-refractivity contribution in [2.45, 2.75) is 264 Å². The van der Waals surface area contributed by atoms with Crippen LogP contribution in [0, 0.1) is 0 Å². The largest absolute Gasteiger partial charge is 0.472 e. The van der Waals surface area contributed by atoms with Crippen LogP contribution in [0.15, 0.2) is 109 Å². The lowest BCUT2D eigenvalue weighted by molar-refractivity contribution is -0.161. The van der Waals surface area contributed by atoms with Crippen molar-refractivity contribution in [3.8, 4) is 0 Å². The number of hydrogen-bond donors (Lipinski definition) is 2. The minimum Gasteiger partial charge on any atom is -0.462 e. The van der Waals surface area contributed by atoms with Crippen LogP contribution in [-0.4, -0.2) is 49.3 Å². The van der Waals surface area contributed by atoms with Crippen LogP contribution in [0.2, 0.25) is 0 Å². The molecule has 75 heavy (non-hydrogen) atoms. The predicted octanol–water partition coefficient (Wildman–Crippen LogP) is 19.4. The van der Waals surface area contributed by atoms with Gasteiger partial charge in [-0.15, -0.1) is 0 Å². The molecule has 0 saturated carbocycles. The van der Waals surface area contributed by atoms with Gasteiger partial charge >= 0.3 is 19.8 Å². The van der Waals surface area contributed by atoms with Gasteiger partial charge in [0.2, 0.25) is 0 Å². The number of unbranched alkanes of at least 4 members (excludes halogenated alkanes) is 25. The van der Waals surface area contributed by atoms with Crippen molar-refractivity contribution in [2.75, 3.05) is 26.4 Å². The van der Waals surface area contributed by atoms with Crippen LogP contribution in [0.1, 0.15) is 258 Å². The van der Waals surface area contributed by atoms with Gasteiger partial charge in [0.25, 0.3) is 0 Å². The minimum atomic E-state index is -4.39. The summed E-state index contributed by atoms with van der Waals surface area (Å²) in [6.07, 6.45) is 81.5. The molecule has 0 spiro atoms. The Morgan fingerprint density at radius 3 is 1.09 bits per heavy atom. The topological polar surface area (TPSA) is 134 Å². The molecule has 0 aliphatic heterocycles. The SMILES string of the molecule is CC/C=C\C/C=C\C/C=C\C/C=C\C/C=C\C/C=C\C/C=C\C/C=C\C/C=C\CCCCCCCCCCCCCC(=O)OC(COC(=O)CCCCCCCCCCCCCCCCC)COP(=O)(O)OCCN. The maximum atomic E-state index is 12.7. The molecule has 0 saturated heterocycles. The van der Waals surface area contributed by atoms with Crippen molar-refractivity contribution in [3.63, 3.8) is 0 Å². The van der Waals surface area contributed by atoms with Crippen molar-refractivity contribution in [1.82, 2.24) is 0 Å². The Hall–Kier alpha value is -3.33. The Morgan fingerprint density at radius 1 is 0.413 bits per heavy atom. The van der Waals surface area contributed by atoms with Crippen molar-refractivity contribution < 1.29 is 37.6 Å². The Bertz CT molecular complexity index is 1590. The molecule has 0 aromatic rings. The zero-order valence-corrected chi connectivity index (χ0v) is 48.9. The zero-order chi connectivity index (χ0) is 54.5. The van der Waals surface area contributed by atoms with Gasteiger partial charge in [-0.25, -0.2) is 4.57 Å². The number of esters is 2. The second kappa shape index (κ2) is 59.9. The van der Waals surface area contributed by atoms with Gasteiger partial charge in [-0.1, -0.05) is 271 Å². The molecule has 10 heteroatoms. The predicted molar refractivity (Wildman–Crippen MR) is 321 cm³/mol. The fourth-order valence-corrected chi connectivity index (χ4v) is 8.98. The molecule has 0 amide bonds. The number of hydrogen-bond acceptors (Lipinski definition) is 8. The van der Waals surface area contributed by atoms with E-state index in [1.807, 2.05) is 0 Å². The van der Waals surface area contributed by atoms with Crippen LogP contribution in [0.3, 0.4) is 0 Å². The summed E-state index contributed by atoms with van der Waals surface area (Å²) in [6.45, 7) is 3.64. The molecule has 3 N–H and O–H groups in total. The maximum Gasteiger partial charge on any atom is 0.472 e. The minimum absolute atomic E-state index is 0.0502. The van der Waals surface area contributed by atoms with E-state index < -0.39 is 26.5 Å². The molecule has 0 heterocycles. The molecule has 0 fully saturated rings. The van der Waals surface area contributed by atoms with E-state index in [1.165, 1.54) is 122 Å². The van der Waals surface area contributed by atoms with Gasteiger partial charge in [0, 0.05) is 19.4 Å². The van der Waals surface area contributed by atoms with Crippen LogP contribution >= 0.6 is 7.82 Å². The van der Waals surface area contributed by atoms with Crippen LogP contribution in [0.5, 0.6) is 0 Å². The monoisotopic (exact) mass is 1070 g/mol. The number of rotatable bonds is 56. The molecule has 2 unspecified atom stereocenters. The normalized spacial score (nSPS) is 13.8. The van der Waals surface area contributed by atoms with Gasteiger partial charge in [-0.2, -0.15) is 0 Å². The summed E-state index contributed by atoms with van der Waals surface area (Å²) in [7, 11) is -4.39. The number of carbonyl (C=O) groups is 2. The number of allylic oxidation sites excluding steroid dienone is 18. The Kier molecular flexibility index (Phi) is 57.2. The van der Waals surface area contributed by atoms with E-state index in [9.17, 15) is 19.0 Å². The molecule has 0 aliphatic rings. The zero-order valence-electron chi connectivity index (χ0n) is 48.0. The summed E-state index contributed by atoms with van der Waals surface area (Å²) >= 11 is 0. The number of carbonyl (C=O) groups excluding carboxylic acids is 2. The lowest BCUT2D eigenvalue weighted by Gasteiger charge is -2.19. The first-order valence-electron chi connectivity index (χ1n) is 30.4. The summed E-state index contributed by atoms with van der Waals surface area (Å²) in [5, 5.41) is 0. The van der Waals surface area contributed by atoms with Gasteiger partial charge in [-0.05, 0) is 83.5 Å². The number of ether oxygens (including phenoxy) is 2. The first-order chi connectivity index (χ1) is 36.8. The highest BCUT2D eigenvalue weighted by atomic mass is 31.2. The molecule has 430 valence electrons. The average Bonchev–Trinajstić information content (AvgIpc) is 3.40. The summed E-state index contributed by atoms with van der Waals surface area (Å²) in [5.41, 5.74) is 5.38.